The van der Waals surface area contributed by atoms with Gasteiger partial charge in [-0.3, -0.25) is 0 Å². The highest BCUT2D eigenvalue weighted by molar-refractivity contribution is 5.85. The van der Waals surface area contributed by atoms with Crippen molar-refractivity contribution < 1.29 is 23.8 Å². The Bertz CT molecular complexity index is 1070. The van der Waals surface area contributed by atoms with E-state index in [0.717, 1.165) is 16.7 Å². The molecule has 0 atom stereocenters. The van der Waals surface area contributed by atoms with E-state index in [4.69, 9.17) is 9.53 Å². The molecule has 0 bridgehead atoms. The molecule has 0 aliphatic heterocycles. The summed E-state index contributed by atoms with van der Waals surface area (Å²) < 4.78 is 19.7. The Labute approximate surface area is 186 Å². The molecule has 0 saturated heterocycles. The zero-order valence-electron chi connectivity index (χ0n) is 17.9. The van der Waals surface area contributed by atoms with Crippen molar-refractivity contribution in [1.29, 1.82) is 0 Å². The number of halogens is 1. The molecule has 166 valence electrons. The molecule has 0 unspecified atom stereocenters. The molecule has 0 fully saturated rings. The largest absolute Gasteiger partial charge is 0.493 e. The van der Waals surface area contributed by atoms with Gasteiger partial charge in [0, 0.05) is 31.0 Å². The first-order valence-electron chi connectivity index (χ1n) is 10.3. The van der Waals surface area contributed by atoms with Crippen LogP contribution >= 0.6 is 0 Å². The van der Waals surface area contributed by atoms with Crippen LogP contribution in [0, 0.1) is 12.7 Å². The maximum Gasteiger partial charge on any atom is 0.330 e. The maximum absolute atomic E-state index is 13.8. The summed E-state index contributed by atoms with van der Waals surface area (Å²) in [4.78, 5) is 20.2. The molecule has 1 aliphatic rings. The first-order chi connectivity index (χ1) is 15.5. The summed E-state index contributed by atoms with van der Waals surface area (Å²) in [5.74, 6) is -0.453. The van der Waals surface area contributed by atoms with Crippen LogP contribution in [0.2, 0.25) is 0 Å². The van der Waals surface area contributed by atoms with Crippen LogP contribution < -0.4 is 10.1 Å². The van der Waals surface area contributed by atoms with Gasteiger partial charge in [0.05, 0.1) is 6.61 Å². The lowest BCUT2D eigenvalue weighted by Crippen LogP contribution is -2.47. The average Bonchev–Trinajstić information content (AvgIpc) is 3.18. The van der Waals surface area contributed by atoms with Gasteiger partial charge in [-0.05, 0) is 41.3 Å². The number of hydrogen-bond donors (Lipinski definition) is 2. The van der Waals surface area contributed by atoms with Gasteiger partial charge in [0.2, 0.25) is 0 Å². The third-order valence-corrected chi connectivity index (χ3v) is 5.67. The van der Waals surface area contributed by atoms with Gasteiger partial charge in [0.1, 0.15) is 23.9 Å². The average molecular weight is 435 g/mol. The third kappa shape index (κ3) is 4.97. The second-order valence-electron chi connectivity index (χ2n) is 7.80. The van der Waals surface area contributed by atoms with E-state index in [1.165, 1.54) is 6.07 Å². The number of aliphatic carboxylic acids is 1. The van der Waals surface area contributed by atoms with E-state index in [-0.39, 0.29) is 5.82 Å². The fraction of sp³-hybridized carbons (Fsp3) is 0.231. The van der Waals surface area contributed by atoms with Crippen LogP contribution in [0.1, 0.15) is 22.3 Å². The van der Waals surface area contributed by atoms with Crippen LogP contribution in [0.5, 0.6) is 5.75 Å². The number of fused-ring (bicyclic) bond motifs is 1. The summed E-state index contributed by atoms with van der Waals surface area (Å²) in [7, 11) is 0. The quantitative estimate of drug-likeness (QED) is 0.567. The molecule has 6 heteroatoms. The summed E-state index contributed by atoms with van der Waals surface area (Å²) in [6.45, 7) is 4.27. The monoisotopic (exact) mass is 435 g/mol. The predicted octanol–water partition coefficient (Wildman–Crippen LogP) is 4.60. The Kier molecular flexibility index (Phi) is 7.25. The number of rotatable bonds is 7. The normalized spacial score (nSPS) is 13.4. The molecule has 4 rings (SSSR count). The Balaban J connectivity index is 0.00000141. The highest BCUT2D eigenvalue weighted by Gasteiger charge is 2.44. The van der Waals surface area contributed by atoms with Crippen LogP contribution in [0.3, 0.4) is 0 Å². The van der Waals surface area contributed by atoms with Gasteiger partial charge < -0.3 is 20.0 Å². The molecule has 5 nitrogen and oxygen atoms in total. The minimum absolute atomic E-state index is 0.238. The molecule has 32 heavy (non-hydrogen) atoms. The van der Waals surface area contributed by atoms with Crippen LogP contribution in [-0.2, 0) is 28.9 Å². The van der Waals surface area contributed by atoms with E-state index < -0.39 is 11.5 Å². The van der Waals surface area contributed by atoms with Gasteiger partial charge in [-0.25, -0.2) is 9.18 Å². The second kappa shape index (κ2) is 10.1. The van der Waals surface area contributed by atoms with E-state index in [1.54, 1.807) is 18.2 Å². The Hall–Kier alpha value is -3.67. The van der Waals surface area contributed by atoms with Crippen molar-refractivity contribution in [3.8, 4) is 5.75 Å². The van der Waals surface area contributed by atoms with Crippen molar-refractivity contribution in [1.82, 2.24) is 0 Å². The van der Waals surface area contributed by atoms with E-state index in [2.05, 4.69) is 5.32 Å². The molecule has 0 heterocycles. The Morgan fingerprint density at radius 1 is 1.06 bits per heavy atom. The summed E-state index contributed by atoms with van der Waals surface area (Å²) in [5, 5.41) is 13.2. The summed E-state index contributed by atoms with van der Waals surface area (Å²) in [5.41, 5.74) is 3.27. The van der Waals surface area contributed by atoms with Gasteiger partial charge in [0.15, 0.2) is 0 Å². The lowest BCUT2D eigenvalue weighted by molar-refractivity contribution is -0.142. The van der Waals surface area contributed by atoms with Crippen molar-refractivity contribution in [2.45, 2.75) is 31.7 Å². The number of anilines is 1. The SMILES string of the molecule is C=O.Cc1ccc(NC2(C(=O)O)Cc3ccccc3C2)cc1OCCc1ccccc1F. The lowest BCUT2D eigenvalue weighted by Gasteiger charge is -2.27. The first-order valence-corrected chi connectivity index (χ1v) is 10.3. The lowest BCUT2D eigenvalue weighted by atomic mass is 9.95. The third-order valence-electron chi connectivity index (χ3n) is 5.67. The van der Waals surface area contributed by atoms with Gasteiger partial charge in [-0.2, -0.15) is 0 Å². The number of ether oxygens (including phenoxy) is 1. The summed E-state index contributed by atoms with van der Waals surface area (Å²) >= 11 is 0. The number of aryl methyl sites for hydroxylation is 1. The summed E-state index contributed by atoms with van der Waals surface area (Å²) in [6, 6.07) is 20.1. The van der Waals surface area contributed by atoms with Crippen LogP contribution in [-0.4, -0.2) is 30.0 Å². The number of carbonyl (C=O) groups is 2. The molecule has 3 aromatic carbocycles. The van der Waals surface area contributed by atoms with Gasteiger partial charge in [-0.1, -0.05) is 48.5 Å². The zero-order chi connectivity index (χ0) is 23.1. The molecule has 0 saturated carbocycles. The number of carboxylic acids is 1. The van der Waals surface area contributed by atoms with E-state index in [9.17, 15) is 14.3 Å². The highest BCUT2D eigenvalue weighted by Crippen LogP contribution is 2.34. The van der Waals surface area contributed by atoms with Crippen molar-refractivity contribution in [2.24, 2.45) is 0 Å². The minimum Gasteiger partial charge on any atom is -0.493 e. The van der Waals surface area contributed by atoms with E-state index in [0.29, 0.717) is 42.9 Å². The molecule has 3 aromatic rings. The fourth-order valence-electron chi connectivity index (χ4n) is 3.99. The number of carbonyl (C=O) groups excluding carboxylic acids is 1. The second-order valence-corrected chi connectivity index (χ2v) is 7.80. The fourth-order valence-corrected chi connectivity index (χ4v) is 3.99. The van der Waals surface area contributed by atoms with Crippen LogP contribution in [0.4, 0.5) is 10.1 Å². The maximum atomic E-state index is 13.8. The predicted molar refractivity (Wildman–Crippen MR) is 122 cm³/mol. The van der Waals surface area contributed by atoms with Crippen molar-refractivity contribution in [3.63, 3.8) is 0 Å². The molecular formula is C26H26FNO4. The van der Waals surface area contributed by atoms with E-state index >= 15 is 0 Å². The first kappa shape index (κ1) is 23.0. The van der Waals surface area contributed by atoms with E-state index in [1.807, 2.05) is 56.2 Å². The van der Waals surface area contributed by atoms with Crippen molar-refractivity contribution in [2.75, 3.05) is 11.9 Å². The van der Waals surface area contributed by atoms with Crippen molar-refractivity contribution in [3.05, 3.63) is 94.8 Å². The molecule has 2 N–H and O–H groups in total. The number of carboxylic acid groups (broad SMARTS) is 1. The van der Waals surface area contributed by atoms with Gasteiger partial charge in [0.25, 0.3) is 0 Å². The molecule has 0 aromatic heterocycles. The molecule has 1 aliphatic carbocycles. The minimum atomic E-state index is -1.08. The number of hydrogen-bond acceptors (Lipinski definition) is 4. The zero-order valence-corrected chi connectivity index (χ0v) is 17.9. The number of benzene rings is 3. The smallest absolute Gasteiger partial charge is 0.330 e. The Morgan fingerprint density at radius 2 is 1.69 bits per heavy atom. The number of nitrogens with one attached hydrogen (secondary N) is 1. The van der Waals surface area contributed by atoms with Crippen LogP contribution in [0.25, 0.3) is 0 Å². The standard InChI is InChI=1S/C25H24FNO3.CH2O/c1-17-10-11-21(14-23(17)30-13-12-18-6-4-5-9-22(18)26)27-25(24(28)29)15-19-7-2-3-8-20(19)16-25;1-2/h2-11,14,27H,12-13,15-16H2,1H3,(H,28,29);1H2. The molecular weight excluding hydrogens is 409 g/mol. The van der Waals surface area contributed by atoms with Gasteiger partial charge >= 0.3 is 5.97 Å². The van der Waals surface area contributed by atoms with Crippen molar-refractivity contribution >= 4 is 18.4 Å². The topological polar surface area (TPSA) is 75.6 Å². The molecule has 0 spiro atoms. The molecule has 0 radical (unpaired) electrons. The highest BCUT2D eigenvalue weighted by atomic mass is 19.1. The summed E-state index contributed by atoms with van der Waals surface area (Å²) in [6.07, 6.45) is 1.31. The molecule has 0 amide bonds. The van der Waals surface area contributed by atoms with Gasteiger partial charge in [-0.15, -0.1) is 0 Å². The van der Waals surface area contributed by atoms with Crippen LogP contribution in [0.15, 0.2) is 66.7 Å². The Morgan fingerprint density at radius 3 is 2.31 bits per heavy atom.